The number of dihydropyridines is 1. The minimum atomic E-state index is -0.392. The van der Waals surface area contributed by atoms with Crippen molar-refractivity contribution in [2.45, 2.75) is 69.8 Å². The molecule has 1 N–H and O–H groups in total. The highest BCUT2D eigenvalue weighted by atomic mass is 32.1. The lowest BCUT2D eigenvalue weighted by Crippen LogP contribution is -2.36. The van der Waals surface area contributed by atoms with Crippen molar-refractivity contribution in [3.05, 3.63) is 68.7 Å². The quantitative estimate of drug-likeness (QED) is 0.483. The van der Waals surface area contributed by atoms with Gasteiger partial charge in [-0.3, -0.25) is 4.79 Å². The third-order valence-electron chi connectivity index (χ3n) is 7.58. The molecule has 3 aliphatic rings. The molecule has 0 radical (unpaired) electrons. The summed E-state index contributed by atoms with van der Waals surface area (Å²) in [5.41, 5.74) is 3.98. The second-order valence-corrected chi connectivity index (χ2v) is 10.8. The Kier molecular flexibility index (Phi) is 7.19. The summed E-state index contributed by atoms with van der Waals surface area (Å²) in [6, 6.07) is 9.83. The Labute approximate surface area is 216 Å². The molecule has 1 aromatic carbocycles. The Bertz CT molecular complexity index is 1210. The van der Waals surface area contributed by atoms with Gasteiger partial charge in [-0.1, -0.05) is 18.6 Å². The first-order chi connectivity index (χ1) is 17.5. The fraction of sp³-hybridized carbons (Fsp3) is 0.448. The van der Waals surface area contributed by atoms with E-state index in [4.69, 9.17) is 14.2 Å². The topological polar surface area (TPSA) is 73.9 Å². The average molecular weight is 508 g/mol. The lowest BCUT2D eigenvalue weighted by molar-refractivity contribution is -0.146. The van der Waals surface area contributed by atoms with Crippen LogP contribution in [-0.4, -0.2) is 32.1 Å². The van der Waals surface area contributed by atoms with E-state index in [9.17, 15) is 9.59 Å². The van der Waals surface area contributed by atoms with Crippen LogP contribution in [-0.2, 0) is 14.3 Å². The smallest absolute Gasteiger partial charge is 0.337 e. The number of carbonyl (C=O) groups is 2. The SMILES string of the molecule is COc1ccc([C@@H]2CC(=O)C3=C(C2)NC(C)=C(C(=O)OC2CCCCC2)[C@@H]3c2cccs2)cc1OC. The van der Waals surface area contributed by atoms with Crippen LogP contribution in [0.4, 0.5) is 0 Å². The fourth-order valence-electron chi connectivity index (χ4n) is 5.79. The molecule has 0 unspecified atom stereocenters. The molecule has 0 spiro atoms. The standard InChI is InChI=1S/C29H33NO5S/c1-17-26(29(32)35-20-8-5-4-6-9-20)28(25-10-7-13-36-25)27-21(30-17)14-19(15-22(27)31)18-11-12-23(33-2)24(16-18)34-3/h7,10-13,16,19-20,28,30H,4-6,8-9,14-15H2,1-3H3/t19-,28-/m0/s1. The Morgan fingerprint density at radius 2 is 1.81 bits per heavy atom. The molecule has 2 atom stereocenters. The van der Waals surface area contributed by atoms with E-state index in [-0.39, 0.29) is 23.8 Å². The van der Waals surface area contributed by atoms with Crippen molar-refractivity contribution in [2.24, 2.45) is 0 Å². The number of ether oxygens (including phenoxy) is 3. The summed E-state index contributed by atoms with van der Waals surface area (Å²) in [4.78, 5) is 28.2. The monoisotopic (exact) mass is 507 g/mol. The predicted octanol–water partition coefficient (Wildman–Crippen LogP) is 6.00. The molecule has 190 valence electrons. The number of hydrogen-bond acceptors (Lipinski definition) is 7. The summed E-state index contributed by atoms with van der Waals surface area (Å²) < 4.78 is 16.9. The van der Waals surface area contributed by atoms with Crippen LogP contribution in [0.5, 0.6) is 11.5 Å². The maximum atomic E-state index is 13.7. The van der Waals surface area contributed by atoms with Gasteiger partial charge in [0, 0.05) is 28.3 Å². The first kappa shape index (κ1) is 24.6. The van der Waals surface area contributed by atoms with Crippen molar-refractivity contribution < 1.29 is 23.8 Å². The number of nitrogens with one attached hydrogen (secondary N) is 1. The van der Waals surface area contributed by atoms with Crippen molar-refractivity contribution in [3.63, 3.8) is 0 Å². The van der Waals surface area contributed by atoms with E-state index < -0.39 is 5.92 Å². The molecular weight excluding hydrogens is 474 g/mol. The van der Waals surface area contributed by atoms with Gasteiger partial charge in [-0.2, -0.15) is 0 Å². The molecule has 1 saturated carbocycles. The molecule has 2 aromatic rings. The van der Waals surface area contributed by atoms with Gasteiger partial charge in [0.05, 0.1) is 25.7 Å². The number of methoxy groups -OCH3 is 2. The molecule has 5 rings (SSSR count). The fourth-order valence-corrected chi connectivity index (χ4v) is 6.63. The molecule has 0 bridgehead atoms. The minimum absolute atomic E-state index is 0.0103. The average Bonchev–Trinajstić information content (AvgIpc) is 3.42. The number of ketones is 1. The molecule has 2 aliphatic carbocycles. The Balaban J connectivity index is 1.47. The number of hydrogen-bond donors (Lipinski definition) is 1. The number of benzene rings is 1. The van der Waals surface area contributed by atoms with E-state index in [1.807, 2.05) is 42.6 Å². The summed E-state index contributed by atoms with van der Waals surface area (Å²) in [6.07, 6.45) is 6.22. The number of thiophene rings is 1. The van der Waals surface area contributed by atoms with Gasteiger partial charge in [-0.05, 0) is 74.1 Å². The maximum absolute atomic E-state index is 13.7. The van der Waals surface area contributed by atoms with Crippen LogP contribution < -0.4 is 14.8 Å². The van der Waals surface area contributed by atoms with Crippen LogP contribution >= 0.6 is 11.3 Å². The van der Waals surface area contributed by atoms with Gasteiger partial charge in [0.1, 0.15) is 6.10 Å². The number of esters is 1. The summed E-state index contributed by atoms with van der Waals surface area (Å²) in [7, 11) is 3.23. The molecular formula is C29H33NO5S. The number of rotatable bonds is 6. The molecule has 0 amide bonds. The Morgan fingerprint density at radius 1 is 1.03 bits per heavy atom. The van der Waals surface area contributed by atoms with E-state index >= 15 is 0 Å². The van der Waals surface area contributed by atoms with Crippen molar-refractivity contribution in [1.82, 2.24) is 5.32 Å². The van der Waals surface area contributed by atoms with E-state index in [2.05, 4.69) is 5.32 Å². The van der Waals surface area contributed by atoms with Crippen LogP contribution in [0.1, 0.15) is 74.1 Å². The largest absolute Gasteiger partial charge is 0.493 e. The zero-order valence-electron chi connectivity index (χ0n) is 21.1. The number of allylic oxidation sites excluding steroid dienone is 3. The third-order valence-corrected chi connectivity index (χ3v) is 8.52. The predicted molar refractivity (Wildman–Crippen MR) is 139 cm³/mol. The highest BCUT2D eigenvalue weighted by Gasteiger charge is 2.42. The number of Topliss-reactive ketones (excluding diaryl/α,β-unsaturated/α-hetero) is 1. The van der Waals surface area contributed by atoms with Gasteiger partial charge in [-0.25, -0.2) is 4.79 Å². The summed E-state index contributed by atoms with van der Waals surface area (Å²) in [6.45, 7) is 1.92. The lowest BCUT2D eigenvalue weighted by atomic mass is 9.73. The third kappa shape index (κ3) is 4.69. The van der Waals surface area contributed by atoms with Crippen molar-refractivity contribution in [3.8, 4) is 11.5 Å². The summed E-state index contributed by atoms with van der Waals surface area (Å²) in [5, 5.41) is 5.44. The molecule has 0 saturated heterocycles. The summed E-state index contributed by atoms with van der Waals surface area (Å²) >= 11 is 1.58. The molecule has 2 heterocycles. The van der Waals surface area contributed by atoms with Crippen LogP contribution in [0.3, 0.4) is 0 Å². The second kappa shape index (κ2) is 10.5. The second-order valence-electron chi connectivity index (χ2n) is 9.81. The normalized spacial score (nSPS) is 22.7. The highest BCUT2D eigenvalue weighted by molar-refractivity contribution is 7.10. The van der Waals surface area contributed by atoms with E-state index in [1.54, 1.807) is 25.6 Å². The lowest BCUT2D eigenvalue weighted by Gasteiger charge is -2.36. The minimum Gasteiger partial charge on any atom is -0.493 e. The first-order valence-electron chi connectivity index (χ1n) is 12.7. The molecule has 1 fully saturated rings. The molecule has 1 aliphatic heterocycles. The molecule has 7 heteroatoms. The molecule has 36 heavy (non-hydrogen) atoms. The van der Waals surface area contributed by atoms with E-state index in [1.165, 1.54) is 6.42 Å². The Morgan fingerprint density at radius 3 is 2.50 bits per heavy atom. The van der Waals surface area contributed by atoms with Gasteiger partial charge in [0.2, 0.25) is 0 Å². The first-order valence-corrected chi connectivity index (χ1v) is 13.6. The van der Waals surface area contributed by atoms with Gasteiger partial charge in [-0.15, -0.1) is 11.3 Å². The molecule has 6 nitrogen and oxygen atoms in total. The highest BCUT2D eigenvalue weighted by Crippen LogP contribution is 2.47. The summed E-state index contributed by atoms with van der Waals surface area (Å²) in [5.74, 6) is 0.701. The Hall–Kier alpha value is -3.06. The maximum Gasteiger partial charge on any atom is 0.337 e. The van der Waals surface area contributed by atoms with Gasteiger partial charge in [0.25, 0.3) is 0 Å². The van der Waals surface area contributed by atoms with Crippen molar-refractivity contribution in [2.75, 3.05) is 14.2 Å². The van der Waals surface area contributed by atoms with Crippen LogP contribution in [0, 0.1) is 0 Å². The van der Waals surface area contributed by atoms with Crippen LogP contribution in [0.15, 0.2) is 58.3 Å². The van der Waals surface area contributed by atoms with E-state index in [0.717, 1.165) is 47.5 Å². The van der Waals surface area contributed by atoms with Gasteiger partial charge >= 0.3 is 5.97 Å². The van der Waals surface area contributed by atoms with Crippen molar-refractivity contribution in [1.29, 1.82) is 0 Å². The van der Waals surface area contributed by atoms with Crippen LogP contribution in [0.2, 0.25) is 0 Å². The number of carbonyl (C=O) groups excluding carboxylic acids is 2. The van der Waals surface area contributed by atoms with Gasteiger partial charge in [0.15, 0.2) is 17.3 Å². The van der Waals surface area contributed by atoms with Crippen LogP contribution in [0.25, 0.3) is 0 Å². The zero-order valence-corrected chi connectivity index (χ0v) is 21.9. The molecule has 1 aromatic heterocycles. The zero-order chi connectivity index (χ0) is 25.2. The van der Waals surface area contributed by atoms with Crippen molar-refractivity contribution >= 4 is 23.1 Å². The van der Waals surface area contributed by atoms with E-state index in [0.29, 0.717) is 35.5 Å². The van der Waals surface area contributed by atoms with Gasteiger partial charge < -0.3 is 19.5 Å².